The second kappa shape index (κ2) is 10.0. The number of hydrogen-bond donors (Lipinski definition) is 2. The van der Waals surface area contributed by atoms with Crippen molar-refractivity contribution in [1.29, 1.82) is 0 Å². The van der Waals surface area contributed by atoms with Crippen LogP contribution in [0.4, 0.5) is 11.6 Å². The van der Waals surface area contributed by atoms with Gasteiger partial charge in [-0.25, -0.2) is 15.0 Å². The molecule has 0 saturated carbocycles. The van der Waals surface area contributed by atoms with E-state index < -0.39 is 0 Å². The normalized spacial score (nSPS) is 10.9. The summed E-state index contributed by atoms with van der Waals surface area (Å²) < 4.78 is 1.21. The zero-order chi connectivity index (χ0) is 21.6. The summed E-state index contributed by atoms with van der Waals surface area (Å²) in [5.41, 5.74) is 6.56. The molecule has 2 heterocycles. The van der Waals surface area contributed by atoms with Crippen LogP contribution in [0.2, 0.25) is 0 Å². The number of nitrogens with zero attached hydrogens (tertiary/aromatic N) is 3. The van der Waals surface area contributed by atoms with E-state index in [4.69, 9.17) is 9.97 Å². The van der Waals surface area contributed by atoms with E-state index >= 15 is 0 Å². The van der Waals surface area contributed by atoms with Crippen LogP contribution in [0, 0.1) is 13.8 Å². The lowest BCUT2D eigenvalue weighted by atomic mass is 10.1. The summed E-state index contributed by atoms with van der Waals surface area (Å²) in [5.74, 6) is 0.576. The molecule has 0 radical (unpaired) electrons. The molecule has 4 rings (SSSR count). The van der Waals surface area contributed by atoms with Crippen molar-refractivity contribution >= 4 is 34.7 Å². The van der Waals surface area contributed by atoms with E-state index in [0.29, 0.717) is 5.95 Å². The molecule has 0 aliphatic carbocycles. The SMILES string of the molecule is CSc1sc(-c2ccnc(Nc3cc(C)cc(C)c3)n2)nc1CNCc1ccccc1. The van der Waals surface area contributed by atoms with Gasteiger partial charge in [0.1, 0.15) is 10.7 Å². The Morgan fingerprint density at radius 2 is 1.71 bits per heavy atom. The van der Waals surface area contributed by atoms with Gasteiger partial charge < -0.3 is 10.6 Å². The van der Waals surface area contributed by atoms with Crippen molar-refractivity contribution in [2.45, 2.75) is 31.1 Å². The van der Waals surface area contributed by atoms with Crippen molar-refractivity contribution < 1.29 is 0 Å². The average Bonchev–Trinajstić information content (AvgIpc) is 3.17. The van der Waals surface area contributed by atoms with Gasteiger partial charge in [0, 0.05) is 25.0 Å². The Labute approximate surface area is 191 Å². The summed E-state index contributed by atoms with van der Waals surface area (Å²) in [6.45, 7) is 5.71. The topological polar surface area (TPSA) is 62.7 Å². The Morgan fingerprint density at radius 1 is 0.935 bits per heavy atom. The fourth-order valence-electron chi connectivity index (χ4n) is 3.35. The van der Waals surface area contributed by atoms with E-state index in [1.54, 1.807) is 29.3 Å². The van der Waals surface area contributed by atoms with Crippen molar-refractivity contribution in [3.8, 4) is 10.7 Å². The van der Waals surface area contributed by atoms with Gasteiger partial charge in [0.25, 0.3) is 0 Å². The Kier molecular flexibility index (Phi) is 6.96. The van der Waals surface area contributed by atoms with Crippen LogP contribution in [-0.4, -0.2) is 21.2 Å². The van der Waals surface area contributed by atoms with Crippen LogP contribution in [0.15, 0.2) is 65.0 Å². The Morgan fingerprint density at radius 3 is 2.45 bits per heavy atom. The fourth-order valence-corrected chi connectivity index (χ4v) is 5.06. The summed E-state index contributed by atoms with van der Waals surface area (Å²) in [6, 6.07) is 18.6. The molecule has 2 aromatic carbocycles. The Balaban J connectivity index is 1.49. The molecule has 31 heavy (non-hydrogen) atoms. The summed E-state index contributed by atoms with van der Waals surface area (Å²) in [5, 5.41) is 7.73. The van der Waals surface area contributed by atoms with Gasteiger partial charge in [-0.05, 0) is 55.0 Å². The maximum Gasteiger partial charge on any atom is 0.227 e. The highest BCUT2D eigenvalue weighted by molar-refractivity contribution is 8.00. The third-order valence-corrected chi connectivity index (χ3v) is 6.94. The molecule has 0 fully saturated rings. The van der Waals surface area contributed by atoms with Gasteiger partial charge in [-0.15, -0.1) is 23.1 Å². The van der Waals surface area contributed by atoms with Gasteiger partial charge in [-0.1, -0.05) is 36.4 Å². The van der Waals surface area contributed by atoms with Crippen LogP contribution in [0.5, 0.6) is 0 Å². The standard InChI is InChI=1S/C24H25N5S2/c1-16-11-17(2)13-19(12-16)27-24-26-10-9-20(29-24)22-28-21(23(30-3)31-22)15-25-14-18-7-5-4-6-8-18/h4-13,25H,14-15H2,1-3H3,(H,26,27,29). The van der Waals surface area contributed by atoms with Crippen LogP contribution < -0.4 is 10.6 Å². The highest BCUT2D eigenvalue weighted by Gasteiger charge is 2.14. The summed E-state index contributed by atoms with van der Waals surface area (Å²) in [7, 11) is 0. The van der Waals surface area contributed by atoms with Crippen molar-refractivity contribution in [1.82, 2.24) is 20.3 Å². The first-order valence-corrected chi connectivity index (χ1v) is 12.1. The number of hydrogen-bond acceptors (Lipinski definition) is 7. The van der Waals surface area contributed by atoms with E-state index in [2.05, 4.69) is 78.2 Å². The van der Waals surface area contributed by atoms with E-state index in [9.17, 15) is 0 Å². The minimum Gasteiger partial charge on any atom is -0.324 e. The zero-order valence-corrected chi connectivity index (χ0v) is 19.5. The van der Waals surface area contributed by atoms with E-state index in [1.165, 1.54) is 20.9 Å². The molecule has 2 aromatic heterocycles. The smallest absolute Gasteiger partial charge is 0.227 e. The molecule has 0 spiro atoms. The predicted molar refractivity (Wildman–Crippen MR) is 131 cm³/mol. The first-order valence-electron chi connectivity index (χ1n) is 10.1. The number of thiazole rings is 1. The third-order valence-electron chi connectivity index (χ3n) is 4.66. The number of nitrogens with one attached hydrogen (secondary N) is 2. The largest absolute Gasteiger partial charge is 0.324 e. The maximum absolute atomic E-state index is 4.88. The number of anilines is 2. The number of aryl methyl sites for hydroxylation is 2. The molecule has 0 saturated heterocycles. The summed E-state index contributed by atoms with van der Waals surface area (Å²) in [4.78, 5) is 14.0. The Hall–Kier alpha value is -2.74. The number of benzene rings is 2. The molecular formula is C24H25N5S2. The third kappa shape index (κ3) is 5.70. The highest BCUT2D eigenvalue weighted by atomic mass is 32.2. The van der Waals surface area contributed by atoms with Gasteiger partial charge in [0.15, 0.2) is 0 Å². The molecule has 0 unspecified atom stereocenters. The number of thioether (sulfide) groups is 1. The van der Waals surface area contributed by atoms with Crippen molar-refractivity contribution in [2.75, 3.05) is 11.6 Å². The summed E-state index contributed by atoms with van der Waals surface area (Å²) >= 11 is 3.40. The molecular weight excluding hydrogens is 422 g/mol. The number of rotatable bonds is 8. The molecule has 0 atom stereocenters. The molecule has 0 amide bonds. The lowest BCUT2D eigenvalue weighted by Gasteiger charge is -2.07. The van der Waals surface area contributed by atoms with Gasteiger partial charge in [-0.3, -0.25) is 0 Å². The van der Waals surface area contributed by atoms with Crippen LogP contribution in [0.3, 0.4) is 0 Å². The lowest BCUT2D eigenvalue weighted by molar-refractivity contribution is 0.676. The highest BCUT2D eigenvalue weighted by Crippen LogP contribution is 2.33. The lowest BCUT2D eigenvalue weighted by Crippen LogP contribution is -2.13. The molecule has 158 valence electrons. The Bertz CT molecular complexity index is 1140. The second-order valence-electron chi connectivity index (χ2n) is 7.31. The van der Waals surface area contributed by atoms with Crippen LogP contribution in [-0.2, 0) is 13.1 Å². The second-order valence-corrected chi connectivity index (χ2v) is 9.39. The monoisotopic (exact) mass is 447 g/mol. The van der Waals surface area contributed by atoms with Gasteiger partial charge in [0.05, 0.1) is 9.90 Å². The molecule has 0 bridgehead atoms. The van der Waals surface area contributed by atoms with E-state index in [-0.39, 0.29) is 0 Å². The molecule has 2 N–H and O–H groups in total. The predicted octanol–water partition coefficient (Wildman–Crippen LogP) is 5.97. The van der Waals surface area contributed by atoms with Crippen molar-refractivity contribution in [2.24, 2.45) is 0 Å². The molecule has 0 aliphatic heterocycles. The first-order chi connectivity index (χ1) is 15.1. The average molecular weight is 448 g/mol. The summed E-state index contributed by atoms with van der Waals surface area (Å²) in [6.07, 6.45) is 3.87. The minimum atomic E-state index is 0.576. The van der Waals surface area contributed by atoms with Crippen molar-refractivity contribution in [3.05, 3.63) is 83.2 Å². The molecule has 4 aromatic rings. The van der Waals surface area contributed by atoms with Gasteiger partial charge >= 0.3 is 0 Å². The van der Waals surface area contributed by atoms with Crippen LogP contribution in [0.1, 0.15) is 22.4 Å². The molecule has 7 heteroatoms. The van der Waals surface area contributed by atoms with Crippen LogP contribution in [0.25, 0.3) is 10.7 Å². The fraction of sp³-hybridized carbons (Fsp3) is 0.208. The molecule has 0 aliphatic rings. The first kappa shape index (κ1) is 21.5. The van der Waals surface area contributed by atoms with E-state index in [1.807, 2.05) is 12.1 Å². The zero-order valence-electron chi connectivity index (χ0n) is 17.8. The van der Waals surface area contributed by atoms with Crippen LogP contribution >= 0.6 is 23.1 Å². The van der Waals surface area contributed by atoms with Gasteiger partial charge in [0.2, 0.25) is 5.95 Å². The van der Waals surface area contributed by atoms with Gasteiger partial charge in [-0.2, -0.15) is 0 Å². The maximum atomic E-state index is 4.88. The quantitative estimate of drug-likeness (QED) is 0.324. The number of aromatic nitrogens is 3. The van der Waals surface area contributed by atoms with Crippen molar-refractivity contribution in [3.63, 3.8) is 0 Å². The van der Waals surface area contributed by atoms with E-state index in [0.717, 1.165) is 35.2 Å². The molecule has 5 nitrogen and oxygen atoms in total. The minimum absolute atomic E-state index is 0.576.